The molecule has 3 aromatic rings. The lowest BCUT2D eigenvalue weighted by Gasteiger charge is -2.15. The van der Waals surface area contributed by atoms with E-state index < -0.39 is 0 Å². The van der Waals surface area contributed by atoms with Gasteiger partial charge in [0.15, 0.2) is 5.76 Å². The van der Waals surface area contributed by atoms with E-state index in [0.29, 0.717) is 17.3 Å². The second-order valence-corrected chi connectivity index (χ2v) is 6.01. The van der Waals surface area contributed by atoms with Crippen LogP contribution >= 0.6 is 0 Å². The summed E-state index contributed by atoms with van der Waals surface area (Å²) in [6.45, 7) is 1.41. The first-order chi connectivity index (χ1) is 12.1. The molecular weight excluding hydrogens is 322 g/mol. The van der Waals surface area contributed by atoms with Crippen molar-refractivity contribution in [2.45, 2.75) is 32.6 Å². The van der Waals surface area contributed by atoms with Gasteiger partial charge in [-0.25, -0.2) is 4.98 Å². The maximum atomic E-state index is 12.4. The van der Waals surface area contributed by atoms with Crippen LogP contribution < -0.4 is 10.9 Å². The fourth-order valence-electron chi connectivity index (χ4n) is 3.05. The Hall–Kier alpha value is -3.16. The van der Waals surface area contributed by atoms with Crippen molar-refractivity contribution in [3.05, 3.63) is 46.1 Å². The maximum Gasteiger partial charge on any atom is 0.255 e. The normalized spacial score (nSPS) is 13.5. The van der Waals surface area contributed by atoms with Crippen molar-refractivity contribution in [1.29, 1.82) is 0 Å². The number of fused-ring (bicyclic) bond motifs is 1. The molecule has 0 aromatic carbocycles. The molecule has 0 fully saturated rings. The van der Waals surface area contributed by atoms with Gasteiger partial charge in [0.1, 0.15) is 11.5 Å². The SMILES string of the molecule is CC(=O)Nc1cc(-c2ccco2)nn1-c1nc2c(c(=O)[nH]1)CCCC2. The van der Waals surface area contributed by atoms with Crippen LogP contribution in [0.4, 0.5) is 5.82 Å². The predicted octanol–water partition coefficient (Wildman–Crippen LogP) is 2.05. The van der Waals surface area contributed by atoms with Gasteiger partial charge >= 0.3 is 0 Å². The summed E-state index contributed by atoms with van der Waals surface area (Å²) in [4.78, 5) is 31.3. The number of carbonyl (C=O) groups excluding carboxylic acids is 1. The molecule has 25 heavy (non-hydrogen) atoms. The fraction of sp³-hybridized carbons (Fsp3) is 0.294. The van der Waals surface area contributed by atoms with Gasteiger partial charge < -0.3 is 9.73 Å². The summed E-state index contributed by atoms with van der Waals surface area (Å²) in [5.74, 6) is 1.02. The van der Waals surface area contributed by atoms with E-state index in [0.717, 1.165) is 36.9 Å². The molecule has 1 aliphatic carbocycles. The zero-order valence-electron chi connectivity index (χ0n) is 13.7. The van der Waals surface area contributed by atoms with Crippen molar-refractivity contribution in [2.24, 2.45) is 0 Å². The number of nitrogens with zero attached hydrogens (tertiary/aromatic N) is 3. The fourth-order valence-corrected chi connectivity index (χ4v) is 3.05. The van der Waals surface area contributed by atoms with Crippen LogP contribution in [-0.2, 0) is 17.6 Å². The van der Waals surface area contributed by atoms with Crippen LogP contribution in [0.25, 0.3) is 17.4 Å². The van der Waals surface area contributed by atoms with E-state index >= 15 is 0 Å². The van der Waals surface area contributed by atoms with Gasteiger partial charge in [0.2, 0.25) is 11.9 Å². The number of rotatable bonds is 3. The Morgan fingerprint density at radius 1 is 1.36 bits per heavy atom. The number of H-pyrrole nitrogens is 1. The second-order valence-electron chi connectivity index (χ2n) is 6.01. The minimum atomic E-state index is -0.243. The molecule has 0 unspecified atom stereocenters. The molecule has 1 amide bonds. The molecule has 3 heterocycles. The van der Waals surface area contributed by atoms with Gasteiger partial charge in [0.25, 0.3) is 5.56 Å². The number of aromatic amines is 1. The van der Waals surface area contributed by atoms with Crippen LogP contribution in [-0.4, -0.2) is 25.7 Å². The van der Waals surface area contributed by atoms with Crippen molar-refractivity contribution >= 4 is 11.7 Å². The number of amides is 1. The third-order valence-corrected chi connectivity index (χ3v) is 4.17. The Balaban J connectivity index is 1.85. The van der Waals surface area contributed by atoms with Crippen molar-refractivity contribution in [3.63, 3.8) is 0 Å². The topological polar surface area (TPSA) is 106 Å². The number of hydrogen-bond acceptors (Lipinski definition) is 5. The molecule has 0 radical (unpaired) electrons. The van der Waals surface area contributed by atoms with Crippen LogP contribution in [0.15, 0.2) is 33.7 Å². The molecule has 3 aromatic heterocycles. The second kappa shape index (κ2) is 6.04. The molecule has 0 aliphatic heterocycles. The smallest absolute Gasteiger partial charge is 0.255 e. The highest BCUT2D eigenvalue weighted by atomic mass is 16.3. The molecule has 4 rings (SSSR count). The van der Waals surface area contributed by atoms with Crippen molar-refractivity contribution in [2.75, 3.05) is 5.32 Å². The molecule has 0 saturated heterocycles. The predicted molar refractivity (Wildman–Crippen MR) is 90.6 cm³/mol. The third-order valence-electron chi connectivity index (χ3n) is 4.17. The summed E-state index contributed by atoms with van der Waals surface area (Å²) < 4.78 is 6.79. The summed E-state index contributed by atoms with van der Waals surface area (Å²) in [5.41, 5.74) is 1.93. The van der Waals surface area contributed by atoms with Crippen LogP contribution in [0, 0.1) is 0 Å². The Labute approximate surface area is 142 Å². The van der Waals surface area contributed by atoms with Crippen molar-refractivity contribution < 1.29 is 9.21 Å². The van der Waals surface area contributed by atoms with Crippen LogP contribution in [0.2, 0.25) is 0 Å². The van der Waals surface area contributed by atoms with E-state index in [1.807, 2.05) is 0 Å². The standard InChI is InChI=1S/C17H17N5O3/c1-10(23)18-15-9-13(14-7-4-8-25-14)21-22(15)17-19-12-6-3-2-5-11(12)16(24)20-17/h4,7-9H,2-3,5-6H2,1H3,(H,18,23)(H,19,20,24). The highest BCUT2D eigenvalue weighted by Gasteiger charge is 2.19. The van der Waals surface area contributed by atoms with Crippen LogP contribution in [0.5, 0.6) is 0 Å². The van der Waals surface area contributed by atoms with E-state index in [4.69, 9.17) is 4.42 Å². The molecule has 1 aliphatic rings. The third kappa shape index (κ3) is 2.86. The molecule has 0 bridgehead atoms. The Morgan fingerprint density at radius 3 is 2.96 bits per heavy atom. The number of anilines is 1. The van der Waals surface area contributed by atoms with Gasteiger partial charge in [0.05, 0.1) is 12.0 Å². The number of aromatic nitrogens is 4. The Bertz CT molecular complexity index is 984. The number of furan rings is 1. The van der Waals surface area contributed by atoms with E-state index in [9.17, 15) is 9.59 Å². The molecule has 128 valence electrons. The number of hydrogen-bond donors (Lipinski definition) is 2. The highest BCUT2D eigenvalue weighted by molar-refractivity contribution is 5.88. The van der Waals surface area contributed by atoms with Gasteiger partial charge in [-0.15, -0.1) is 0 Å². The zero-order valence-corrected chi connectivity index (χ0v) is 13.7. The lowest BCUT2D eigenvalue weighted by molar-refractivity contribution is -0.114. The summed E-state index contributed by atoms with van der Waals surface area (Å²) in [6, 6.07) is 5.21. The maximum absolute atomic E-state index is 12.4. The van der Waals surface area contributed by atoms with E-state index in [1.54, 1.807) is 24.5 Å². The van der Waals surface area contributed by atoms with Gasteiger partial charge in [-0.2, -0.15) is 9.78 Å². The largest absolute Gasteiger partial charge is 0.463 e. The molecule has 8 nitrogen and oxygen atoms in total. The number of nitrogens with one attached hydrogen (secondary N) is 2. The molecule has 0 atom stereocenters. The van der Waals surface area contributed by atoms with E-state index in [1.165, 1.54) is 11.6 Å². The lowest BCUT2D eigenvalue weighted by Crippen LogP contribution is -2.24. The number of carbonyl (C=O) groups is 1. The van der Waals surface area contributed by atoms with Gasteiger partial charge in [-0.3, -0.25) is 14.6 Å². The molecular formula is C17H17N5O3. The molecule has 0 saturated carbocycles. The van der Waals surface area contributed by atoms with Gasteiger partial charge in [0, 0.05) is 18.6 Å². The molecule has 0 spiro atoms. The van der Waals surface area contributed by atoms with Crippen LogP contribution in [0.3, 0.4) is 0 Å². The first kappa shape index (κ1) is 15.4. The zero-order chi connectivity index (χ0) is 17.4. The summed E-state index contributed by atoms with van der Waals surface area (Å²) in [6.07, 6.45) is 5.07. The summed E-state index contributed by atoms with van der Waals surface area (Å²) in [5, 5.41) is 7.15. The highest BCUT2D eigenvalue weighted by Crippen LogP contribution is 2.24. The summed E-state index contributed by atoms with van der Waals surface area (Å²) >= 11 is 0. The first-order valence-electron chi connectivity index (χ1n) is 8.16. The summed E-state index contributed by atoms with van der Waals surface area (Å²) in [7, 11) is 0. The average Bonchev–Trinajstić information content (AvgIpc) is 3.24. The van der Waals surface area contributed by atoms with Gasteiger partial charge in [-0.1, -0.05) is 0 Å². The van der Waals surface area contributed by atoms with Gasteiger partial charge in [-0.05, 0) is 37.8 Å². The molecule has 8 heteroatoms. The Kier molecular flexibility index (Phi) is 3.72. The first-order valence-corrected chi connectivity index (χ1v) is 8.16. The monoisotopic (exact) mass is 339 g/mol. The van der Waals surface area contributed by atoms with Crippen molar-refractivity contribution in [1.82, 2.24) is 19.7 Å². The van der Waals surface area contributed by atoms with E-state index in [2.05, 4.69) is 20.4 Å². The average molecular weight is 339 g/mol. The Morgan fingerprint density at radius 2 is 2.20 bits per heavy atom. The van der Waals surface area contributed by atoms with Crippen molar-refractivity contribution in [3.8, 4) is 17.4 Å². The molecule has 2 N–H and O–H groups in total. The van der Waals surface area contributed by atoms with E-state index in [-0.39, 0.29) is 17.4 Å². The minimum Gasteiger partial charge on any atom is -0.463 e. The number of aryl methyl sites for hydroxylation is 1. The quantitative estimate of drug-likeness (QED) is 0.760. The lowest BCUT2D eigenvalue weighted by atomic mass is 9.97. The van der Waals surface area contributed by atoms with Crippen LogP contribution in [0.1, 0.15) is 31.0 Å². The minimum absolute atomic E-state index is 0.150.